The Morgan fingerprint density at radius 2 is 1.74 bits per heavy atom. The van der Waals surface area contributed by atoms with Crippen LogP contribution in [0.3, 0.4) is 0 Å². The van der Waals surface area contributed by atoms with E-state index in [1.807, 2.05) is 36.1 Å². The highest BCUT2D eigenvalue weighted by molar-refractivity contribution is 8.02. The first-order chi connectivity index (χ1) is 21.7. The maximum Gasteiger partial charge on any atom is 0.247 e. The van der Waals surface area contributed by atoms with E-state index in [9.17, 15) is 14.7 Å². The van der Waals surface area contributed by atoms with Crippen LogP contribution in [0.5, 0.6) is 5.75 Å². The first-order valence-corrected chi connectivity index (χ1v) is 17.7. The Bertz CT molecular complexity index is 1290. The zero-order valence-corrected chi connectivity index (χ0v) is 29.8. The summed E-state index contributed by atoms with van der Waals surface area (Å²) >= 11 is 1.70. The number of carbonyl (C=O) groups is 3. The summed E-state index contributed by atoms with van der Waals surface area (Å²) < 4.78 is 4.89. The van der Waals surface area contributed by atoms with Gasteiger partial charge in [0.1, 0.15) is 11.8 Å². The van der Waals surface area contributed by atoms with E-state index in [-0.39, 0.29) is 40.9 Å². The molecule has 3 aliphatic heterocycles. The van der Waals surface area contributed by atoms with E-state index in [2.05, 4.69) is 54.7 Å². The van der Waals surface area contributed by atoms with E-state index < -0.39 is 28.2 Å². The summed E-state index contributed by atoms with van der Waals surface area (Å²) in [4.78, 5) is 49.8. The van der Waals surface area contributed by atoms with Gasteiger partial charge in [-0.3, -0.25) is 14.4 Å². The predicted molar refractivity (Wildman–Crippen MR) is 187 cm³/mol. The van der Waals surface area contributed by atoms with Gasteiger partial charge in [0, 0.05) is 42.7 Å². The van der Waals surface area contributed by atoms with Crippen molar-refractivity contribution in [3.05, 3.63) is 49.6 Å². The molecular weight excluding hydrogens is 598 g/mol. The van der Waals surface area contributed by atoms with Gasteiger partial charge in [-0.05, 0) is 82.1 Å². The van der Waals surface area contributed by atoms with Gasteiger partial charge in [-0.1, -0.05) is 39.8 Å². The lowest BCUT2D eigenvalue weighted by Gasteiger charge is -2.47. The van der Waals surface area contributed by atoms with Crippen molar-refractivity contribution >= 4 is 35.2 Å². The topological polar surface area (TPSA) is 90.4 Å². The summed E-state index contributed by atoms with van der Waals surface area (Å²) in [6.45, 7) is 24.3. The minimum Gasteiger partial charge on any atom is -0.494 e. The molecule has 4 rings (SSSR count). The molecule has 1 spiro atoms. The van der Waals surface area contributed by atoms with Gasteiger partial charge in [0.05, 0.1) is 23.2 Å². The second-order valence-electron chi connectivity index (χ2n) is 15.0. The van der Waals surface area contributed by atoms with Crippen molar-refractivity contribution in [2.24, 2.45) is 23.2 Å². The quantitative estimate of drug-likeness (QED) is 0.186. The number of hydrogen-bond acceptors (Lipinski definition) is 6. The van der Waals surface area contributed by atoms with Gasteiger partial charge in [-0.15, -0.1) is 24.9 Å². The standard InChI is InChI=1S/C37H55N3O5S/c1-10-19-38(26-15-17-27(18-16-26)45-12-3)32(42)29-28-23-25(4)37(46-28)30(29)33(43)39(21-13-14-22-41)31(37)34(44)40(20-11-2)36(8,9)24-35(5,6)7/h10-11,15-18,25,28-31,41H,1-2,12-14,19-24H2,3-9H3/t25?,28-,29+,30-,31?,37?/m0/s1. The molecule has 8 nitrogen and oxygen atoms in total. The van der Waals surface area contributed by atoms with Gasteiger partial charge >= 0.3 is 0 Å². The van der Waals surface area contributed by atoms with Crippen LogP contribution in [0.1, 0.15) is 74.1 Å². The Labute approximate surface area is 280 Å². The summed E-state index contributed by atoms with van der Waals surface area (Å²) in [5.74, 6) is -0.683. The molecule has 3 unspecified atom stereocenters. The molecule has 1 N–H and O–H groups in total. The van der Waals surface area contributed by atoms with Crippen LogP contribution in [-0.4, -0.2) is 87.1 Å². The Morgan fingerprint density at radius 1 is 1.09 bits per heavy atom. The normalized spacial score (nSPS) is 27.0. The molecule has 0 saturated carbocycles. The van der Waals surface area contributed by atoms with E-state index in [1.54, 1.807) is 33.7 Å². The van der Waals surface area contributed by atoms with Crippen LogP contribution in [-0.2, 0) is 14.4 Å². The predicted octanol–water partition coefficient (Wildman–Crippen LogP) is 5.94. The van der Waals surface area contributed by atoms with Crippen molar-refractivity contribution in [2.45, 2.75) is 95.7 Å². The smallest absolute Gasteiger partial charge is 0.247 e. The van der Waals surface area contributed by atoms with Crippen molar-refractivity contribution in [1.29, 1.82) is 0 Å². The van der Waals surface area contributed by atoms with Gasteiger partial charge in [0.25, 0.3) is 0 Å². The molecule has 254 valence electrons. The largest absolute Gasteiger partial charge is 0.494 e. The lowest BCUT2D eigenvalue weighted by atomic mass is 9.65. The van der Waals surface area contributed by atoms with E-state index in [0.717, 1.165) is 24.3 Å². The van der Waals surface area contributed by atoms with Gasteiger partial charge in [0.2, 0.25) is 17.7 Å². The number of nitrogens with zero attached hydrogens (tertiary/aromatic N) is 3. The molecular formula is C37H55N3O5S. The summed E-state index contributed by atoms with van der Waals surface area (Å²) in [6, 6.07) is 6.75. The number of ether oxygens (including phenoxy) is 1. The third-order valence-corrected chi connectivity index (χ3v) is 12.0. The minimum absolute atomic E-state index is 0.0172. The number of unbranched alkanes of at least 4 members (excludes halogenated alkanes) is 1. The molecule has 0 radical (unpaired) electrons. The zero-order chi connectivity index (χ0) is 34.0. The van der Waals surface area contributed by atoms with Gasteiger partial charge < -0.3 is 24.5 Å². The molecule has 1 aromatic carbocycles. The fourth-order valence-corrected chi connectivity index (χ4v) is 11.0. The Kier molecular flexibility index (Phi) is 11.1. The number of fused-ring (bicyclic) bond motifs is 1. The molecule has 2 bridgehead atoms. The number of hydrogen-bond donors (Lipinski definition) is 1. The number of thioether (sulfide) groups is 1. The number of aliphatic hydroxyl groups excluding tert-OH is 1. The zero-order valence-electron chi connectivity index (χ0n) is 29.0. The molecule has 1 aromatic rings. The second kappa shape index (κ2) is 14.1. The van der Waals surface area contributed by atoms with Crippen molar-refractivity contribution in [1.82, 2.24) is 9.80 Å². The molecule has 3 aliphatic rings. The van der Waals surface area contributed by atoms with Crippen LogP contribution in [0.15, 0.2) is 49.6 Å². The fourth-order valence-electron chi connectivity index (χ4n) is 8.54. The second-order valence-corrected chi connectivity index (χ2v) is 16.5. The van der Waals surface area contributed by atoms with Gasteiger partial charge in [-0.2, -0.15) is 0 Å². The molecule has 46 heavy (non-hydrogen) atoms. The van der Waals surface area contributed by atoms with E-state index in [4.69, 9.17) is 4.74 Å². The SMILES string of the molecule is C=CCN(C(=O)[C@@H]1[C@@H]2CC(C)C3(S2)C(C(=O)N(CC=C)C(C)(C)CC(C)(C)C)N(CCCCO)C(=O)[C@H]13)c1ccc(OCC)cc1. The highest BCUT2D eigenvalue weighted by Gasteiger charge is 2.76. The maximum absolute atomic E-state index is 15.0. The van der Waals surface area contributed by atoms with Gasteiger partial charge in [-0.25, -0.2) is 0 Å². The summed E-state index contributed by atoms with van der Waals surface area (Å²) in [5.41, 5.74) is 0.200. The average molecular weight is 654 g/mol. The van der Waals surface area contributed by atoms with E-state index in [1.165, 1.54) is 0 Å². The third kappa shape index (κ3) is 6.64. The molecule has 3 saturated heterocycles. The van der Waals surface area contributed by atoms with E-state index in [0.29, 0.717) is 39.1 Å². The number of amides is 3. The summed E-state index contributed by atoms with van der Waals surface area (Å²) in [6.07, 6.45) is 6.12. The number of likely N-dealkylation sites (tertiary alicyclic amines) is 1. The number of anilines is 1. The van der Waals surface area contributed by atoms with Crippen molar-refractivity contribution < 1.29 is 24.2 Å². The number of carbonyl (C=O) groups excluding carboxylic acids is 3. The molecule has 6 atom stereocenters. The number of aliphatic hydroxyl groups is 1. The third-order valence-electron chi connectivity index (χ3n) is 9.88. The van der Waals surface area contributed by atoms with Crippen molar-refractivity contribution in [3.63, 3.8) is 0 Å². The van der Waals surface area contributed by atoms with Crippen molar-refractivity contribution in [3.8, 4) is 5.75 Å². The highest BCUT2D eigenvalue weighted by Crippen LogP contribution is 2.69. The minimum atomic E-state index is -0.728. The van der Waals surface area contributed by atoms with Crippen LogP contribution in [0.25, 0.3) is 0 Å². The van der Waals surface area contributed by atoms with Gasteiger partial charge in [0.15, 0.2) is 0 Å². The van der Waals surface area contributed by atoms with E-state index >= 15 is 4.79 Å². The maximum atomic E-state index is 15.0. The number of rotatable bonds is 15. The lowest BCUT2D eigenvalue weighted by molar-refractivity contribution is -0.146. The first kappa shape index (κ1) is 36.1. The monoisotopic (exact) mass is 653 g/mol. The average Bonchev–Trinajstić information content (AvgIpc) is 3.57. The van der Waals surface area contributed by atoms with Crippen molar-refractivity contribution in [2.75, 3.05) is 37.7 Å². The Balaban J connectivity index is 1.78. The number of benzene rings is 1. The molecule has 3 fully saturated rings. The van der Waals surface area contributed by atoms with Crippen LogP contribution < -0.4 is 9.64 Å². The van der Waals surface area contributed by atoms with Crippen LogP contribution in [0.2, 0.25) is 0 Å². The fraction of sp³-hybridized carbons (Fsp3) is 0.649. The molecule has 0 aromatic heterocycles. The molecule has 3 amide bonds. The molecule has 0 aliphatic carbocycles. The molecule has 3 heterocycles. The molecule has 9 heteroatoms. The Morgan fingerprint density at radius 3 is 2.30 bits per heavy atom. The van der Waals surface area contributed by atoms with Crippen LogP contribution >= 0.6 is 11.8 Å². The van der Waals surface area contributed by atoms with Crippen LogP contribution in [0.4, 0.5) is 5.69 Å². The Hall–Kier alpha value is -2.78. The highest BCUT2D eigenvalue weighted by atomic mass is 32.2. The summed E-state index contributed by atoms with van der Waals surface area (Å²) in [5, 5.41) is 9.51. The summed E-state index contributed by atoms with van der Waals surface area (Å²) in [7, 11) is 0. The van der Waals surface area contributed by atoms with Crippen LogP contribution in [0, 0.1) is 23.2 Å². The lowest BCUT2D eigenvalue weighted by Crippen LogP contribution is -2.61. The first-order valence-electron chi connectivity index (χ1n) is 16.8.